The second kappa shape index (κ2) is 11.1. The second-order valence-corrected chi connectivity index (χ2v) is 9.51. The Balaban J connectivity index is 1.75. The molecule has 2 aromatic carbocycles. The Morgan fingerprint density at radius 3 is 2.14 bits per heavy atom. The quantitative estimate of drug-likeness (QED) is 0.342. The molecule has 3 rings (SSSR count). The molecule has 1 aliphatic heterocycles. The summed E-state index contributed by atoms with van der Waals surface area (Å²) in [6, 6.07) is 16.4. The predicted octanol–water partition coefficient (Wildman–Crippen LogP) is 2.45. The first-order valence-corrected chi connectivity index (χ1v) is 11.4. The number of anilines is 1. The van der Waals surface area contributed by atoms with E-state index < -0.39 is 29.3 Å². The smallest absolute Gasteiger partial charge is 0.245 e. The molecular weight excluding hydrogens is 446 g/mol. The maximum atomic E-state index is 13.3. The average molecular weight is 480 g/mol. The molecule has 0 saturated carbocycles. The molecule has 2 aromatic rings. The molecule has 0 saturated heterocycles. The van der Waals surface area contributed by atoms with Gasteiger partial charge in [0.25, 0.3) is 0 Å². The number of benzene rings is 2. The van der Waals surface area contributed by atoms with Gasteiger partial charge in [-0.05, 0) is 28.7 Å². The summed E-state index contributed by atoms with van der Waals surface area (Å²) < 4.78 is 0. The standard InChI is InChI=1S/C26H33N5O4/c1-26(2,3)23(25(34)27-4)28-24(33)21(16-22(32)29-35)31-15-14-30(17-31)20-12-10-19(11-13-20)18-8-6-5-7-9-18/h5-15,21,23,35H,16-17H2,1-4H3,(H,27,34)(H,28,33)(H,29,32)/t21?,23-/m1/s1. The van der Waals surface area contributed by atoms with Crippen LogP contribution in [0.2, 0.25) is 0 Å². The van der Waals surface area contributed by atoms with E-state index in [-0.39, 0.29) is 12.3 Å². The van der Waals surface area contributed by atoms with Crippen LogP contribution >= 0.6 is 0 Å². The highest BCUT2D eigenvalue weighted by atomic mass is 16.5. The maximum absolute atomic E-state index is 13.3. The van der Waals surface area contributed by atoms with Gasteiger partial charge in [0.05, 0.1) is 13.1 Å². The van der Waals surface area contributed by atoms with Crippen LogP contribution in [0.15, 0.2) is 67.0 Å². The Labute approximate surface area is 205 Å². The number of nitrogens with zero attached hydrogens (tertiary/aromatic N) is 2. The number of carbonyl (C=O) groups is 3. The van der Waals surface area contributed by atoms with Crippen LogP contribution in [0.1, 0.15) is 27.2 Å². The van der Waals surface area contributed by atoms with Crippen molar-refractivity contribution in [2.24, 2.45) is 5.41 Å². The SMILES string of the molecule is CNC(=O)[C@@H](NC(=O)C(CC(=O)NO)N1C=CN(c2ccc(-c3ccccc3)cc2)C1)C(C)(C)C. The summed E-state index contributed by atoms with van der Waals surface area (Å²) in [4.78, 5) is 41.3. The Morgan fingerprint density at radius 1 is 0.943 bits per heavy atom. The summed E-state index contributed by atoms with van der Waals surface area (Å²) in [5, 5.41) is 14.4. The molecule has 2 atom stereocenters. The van der Waals surface area contributed by atoms with Crippen LogP contribution in [0.5, 0.6) is 0 Å². The van der Waals surface area contributed by atoms with Gasteiger partial charge in [-0.1, -0.05) is 63.2 Å². The van der Waals surface area contributed by atoms with Crippen LogP contribution in [0.3, 0.4) is 0 Å². The minimum absolute atomic E-state index is 0.280. The van der Waals surface area contributed by atoms with Gasteiger partial charge in [-0.25, -0.2) is 5.48 Å². The Hall–Kier alpha value is -3.85. The van der Waals surface area contributed by atoms with Crippen molar-refractivity contribution in [1.82, 2.24) is 21.0 Å². The van der Waals surface area contributed by atoms with Gasteiger partial charge in [0, 0.05) is 25.1 Å². The Bertz CT molecular complexity index is 1060. The van der Waals surface area contributed by atoms with Crippen molar-refractivity contribution >= 4 is 23.4 Å². The van der Waals surface area contributed by atoms with Crippen LogP contribution in [0.25, 0.3) is 11.1 Å². The molecule has 4 N–H and O–H groups in total. The van der Waals surface area contributed by atoms with Crippen LogP contribution in [0, 0.1) is 5.41 Å². The highest BCUT2D eigenvalue weighted by Gasteiger charge is 2.37. The zero-order valence-corrected chi connectivity index (χ0v) is 20.5. The van der Waals surface area contributed by atoms with Gasteiger partial charge in [0.15, 0.2) is 0 Å². The van der Waals surface area contributed by atoms with Crippen LogP contribution < -0.4 is 21.0 Å². The fourth-order valence-electron chi connectivity index (χ4n) is 3.92. The van der Waals surface area contributed by atoms with Crippen molar-refractivity contribution in [1.29, 1.82) is 0 Å². The van der Waals surface area contributed by atoms with E-state index in [1.54, 1.807) is 16.6 Å². The maximum Gasteiger partial charge on any atom is 0.245 e. The fourth-order valence-corrected chi connectivity index (χ4v) is 3.92. The lowest BCUT2D eigenvalue weighted by Crippen LogP contribution is -2.57. The minimum Gasteiger partial charge on any atom is -0.357 e. The van der Waals surface area contributed by atoms with Crippen molar-refractivity contribution < 1.29 is 19.6 Å². The minimum atomic E-state index is -0.929. The van der Waals surface area contributed by atoms with Gasteiger partial charge in [-0.2, -0.15) is 0 Å². The molecule has 1 heterocycles. The lowest BCUT2D eigenvalue weighted by molar-refractivity contribution is -0.137. The number of hydrogen-bond donors (Lipinski definition) is 4. The van der Waals surface area contributed by atoms with Crippen molar-refractivity contribution in [2.75, 3.05) is 18.6 Å². The summed E-state index contributed by atoms with van der Waals surface area (Å²) in [5.41, 5.74) is 4.18. The van der Waals surface area contributed by atoms with Crippen LogP contribution in [-0.2, 0) is 14.4 Å². The van der Waals surface area contributed by atoms with E-state index in [0.717, 1.165) is 16.8 Å². The Kier molecular flexibility index (Phi) is 8.14. The molecule has 9 heteroatoms. The van der Waals surface area contributed by atoms with E-state index >= 15 is 0 Å². The zero-order chi connectivity index (χ0) is 25.6. The number of rotatable bonds is 8. The van der Waals surface area contributed by atoms with Gasteiger partial charge in [0.2, 0.25) is 17.7 Å². The lowest BCUT2D eigenvalue weighted by atomic mass is 9.86. The largest absolute Gasteiger partial charge is 0.357 e. The molecule has 0 aromatic heterocycles. The van der Waals surface area contributed by atoms with E-state index in [2.05, 4.69) is 10.6 Å². The van der Waals surface area contributed by atoms with Gasteiger partial charge >= 0.3 is 0 Å². The normalized spacial score (nSPS) is 14.9. The van der Waals surface area contributed by atoms with Gasteiger partial charge in [-0.3, -0.25) is 19.6 Å². The van der Waals surface area contributed by atoms with E-state index in [1.165, 1.54) is 7.05 Å². The van der Waals surface area contributed by atoms with Gasteiger partial charge < -0.3 is 20.4 Å². The molecule has 0 radical (unpaired) electrons. The van der Waals surface area contributed by atoms with E-state index in [1.807, 2.05) is 86.5 Å². The van der Waals surface area contributed by atoms with Crippen LogP contribution in [0.4, 0.5) is 5.69 Å². The highest BCUT2D eigenvalue weighted by molar-refractivity contribution is 5.92. The third-order valence-corrected chi connectivity index (χ3v) is 5.93. The fraction of sp³-hybridized carbons (Fsp3) is 0.346. The summed E-state index contributed by atoms with van der Waals surface area (Å²) >= 11 is 0. The molecule has 35 heavy (non-hydrogen) atoms. The number of likely N-dealkylation sites (N-methyl/N-ethyl adjacent to an activating group) is 1. The van der Waals surface area contributed by atoms with Gasteiger partial charge in [-0.15, -0.1) is 0 Å². The number of amides is 3. The molecule has 186 valence electrons. The first kappa shape index (κ1) is 25.8. The number of hydrogen-bond acceptors (Lipinski definition) is 6. The molecule has 0 bridgehead atoms. The van der Waals surface area contributed by atoms with Crippen molar-refractivity contribution in [3.8, 4) is 11.1 Å². The molecule has 0 fully saturated rings. The molecule has 0 spiro atoms. The third kappa shape index (κ3) is 6.39. The zero-order valence-electron chi connectivity index (χ0n) is 20.5. The average Bonchev–Trinajstić information content (AvgIpc) is 3.35. The second-order valence-electron chi connectivity index (χ2n) is 9.51. The topological polar surface area (TPSA) is 114 Å². The highest BCUT2D eigenvalue weighted by Crippen LogP contribution is 2.26. The molecular formula is C26H33N5O4. The lowest BCUT2D eigenvalue weighted by Gasteiger charge is -2.33. The van der Waals surface area contributed by atoms with Crippen molar-refractivity contribution in [2.45, 2.75) is 39.3 Å². The van der Waals surface area contributed by atoms with E-state index in [9.17, 15) is 14.4 Å². The van der Waals surface area contributed by atoms with Crippen molar-refractivity contribution in [3.05, 3.63) is 67.0 Å². The first-order valence-electron chi connectivity index (χ1n) is 11.4. The van der Waals surface area contributed by atoms with Crippen molar-refractivity contribution in [3.63, 3.8) is 0 Å². The summed E-state index contributed by atoms with van der Waals surface area (Å²) in [7, 11) is 1.51. The summed E-state index contributed by atoms with van der Waals surface area (Å²) in [6.07, 6.45) is 3.28. The van der Waals surface area contributed by atoms with E-state index in [0.29, 0.717) is 6.67 Å². The molecule has 0 aliphatic carbocycles. The predicted molar refractivity (Wildman–Crippen MR) is 134 cm³/mol. The molecule has 3 amide bonds. The first-order chi connectivity index (χ1) is 16.6. The third-order valence-electron chi connectivity index (χ3n) is 5.93. The Morgan fingerprint density at radius 2 is 1.57 bits per heavy atom. The number of carbonyl (C=O) groups excluding carboxylic acids is 3. The molecule has 1 aliphatic rings. The van der Waals surface area contributed by atoms with E-state index in [4.69, 9.17) is 5.21 Å². The number of hydroxylamine groups is 1. The summed E-state index contributed by atoms with van der Waals surface area (Å²) in [6.45, 7) is 5.86. The molecule has 1 unspecified atom stereocenters. The number of nitrogens with one attached hydrogen (secondary N) is 3. The van der Waals surface area contributed by atoms with Crippen LogP contribution in [-0.4, -0.2) is 53.6 Å². The molecule has 9 nitrogen and oxygen atoms in total. The summed E-state index contributed by atoms with van der Waals surface area (Å²) in [5.74, 6) is -1.51. The monoisotopic (exact) mass is 479 g/mol. The van der Waals surface area contributed by atoms with Gasteiger partial charge in [0.1, 0.15) is 12.1 Å².